The first-order valence-electron chi connectivity index (χ1n) is 7.71. The Balaban J connectivity index is 1.66. The third-order valence-corrected chi connectivity index (χ3v) is 4.53. The molecule has 0 bridgehead atoms. The van der Waals surface area contributed by atoms with Gasteiger partial charge in [-0.2, -0.15) is 11.8 Å². The molecule has 3 nitrogen and oxygen atoms in total. The summed E-state index contributed by atoms with van der Waals surface area (Å²) in [5.41, 5.74) is 3.38. The number of carbonyl (C=O) groups is 1. The molecule has 0 heterocycles. The van der Waals surface area contributed by atoms with Crippen LogP contribution in [0.15, 0.2) is 48.5 Å². The summed E-state index contributed by atoms with van der Waals surface area (Å²) in [6, 6.07) is 16.2. The van der Waals surface area contributed by atoms with Crippen LogP contribution in [0.3, 0.4) is 0 Å². The Labute approximate surface area is 142 Å². The molecule has 0 fully saturated rings. The second-order valence-electron chi connectivity index (χ2n) is 5.37. The van der Waals surface area contributed by atoms with Crippen molar-refractivity contribution in [3.05, 3.63) is 65.2 Å². The Morgan fingerprint density at radius 2 is 1.91 bits per heavy atom. The number of rotatable bonds is 8. The Bertz CT molecular complexity index is 629. The minimum absolute atomic E-state index is 0.0647. The monoisotopic (exact) mass is 329 g/mol. The SMILES string of the molecule is COc1ccc(CC(=O)NCCSCc2ccccc2)cc1C. The smallest absolute Gasteiger partial charge is 0.224 e. The zero-order valence-electron chi connectivity index (χ0n) is 13.7. The van der Waals surface area contributed by atoms with Crippen molar-refractivity contribution >= 4 is 17.7 Å². The number of hydrogen-bond acceptors (Lipinski definition) is 3. The van der Waals surface area contributed by atoms with Gasteiger partial charge in [-0.15, -0.1) is 0 Å². The number of hydrogen-bond donors (Lipinski definition) is 1. The molecule has 0 saturated heterocycles. The highest BCUT2D eigenvalue weighted by atomic mass is 32.2. The number of nitrogens with one attached hydrogen (secondary N) is 1. The zero-order chi connectivity index (χ0) is 16.5. The van der Waals surface area contributed by atoms with E-state index in [0.29, 0.717) is 13.0 Å². The fourth-order valence-corrected chi connectivity index (χ4v) is 3.14. The maximum Gasteiger partial charge on any atom is 0.224 e. The van der Waals surface area contributed by atoms with Crippen molar-refractivity contribution in [1.29, 1.82) is 0 Å². The molecular formula is C19H23NO2S. The largest absolute Gasteiger partial charge is 0.496 e. The summed E-state index contributed by atoms with van der Waals surface area (Å²) in [6.07, 6.45) is 0.411. The normalized spacial score (nSPS) is 10.3. The molecular weight excluding hydrogens is 306 g/mol. The van der Waals surface area contributed by atoms with E-state index in [-0.39, 0.29) is 5.91 Å². The standard InChI is InChI=1S/C19H23NO2S/c1-15-12-17(8-9-18(15)22-2)13-19(21)20-10-11-23-14-16-6-4-3-5-7-16/h3-9,12H,10-11,13-14H2,1-2H3,(H,20,21). The Morgan fingerprint density at radius 1 is 1.13 bits per heavy atom. The summed E-state index contributed by atoms with van der Waals surface area (Å²) in [7, 11) is 1.65. The van der Waals surface area contributed by atoms with Gasteiger partial charge in [0, 0.05) is 18.1 Å². The van der Waals surface area contributed by atoms with Crippen LogP contribution in [0.25, 0.3) is 0 Å². The van der Waals surface area contributed by atoms with E-state index >= 15 is 0 Å². The van der Waals surface area contributed by atoms with Crippen LogP contribution in [0, 0.1) is 6.92 Å². The molecule has 0 aromatic heterocycles. The topological polar surface area (TPSA) is 38.3 Å². The van der Waals surface area contributed by atoms with Crippen LogP contribution in [0.2, 0.25) is 0 Å². The van der Waals surface area contributed by atoms with Gasteiger partial charge in [0.25, 0.3) is 0 Å². The highest BCUT2D eigenvalue weighted by Crippen LogP contribution is 2.18. The summed E-state index contributed by atoms with van der Waals surface area (Å²) in [6.45, 7) is 2.69. The van der Waals surface area contributed by atoms with Crippen LogP contribution in [-0.2, 0) is 17.0 Å². The molecule has 0 aliphatic carbocycles. The number of methoxy groups -OCH3 is 1. The molecule has 2 rings (SSSR count). The fraction of sp³-hybridized carbons (Fsp3) is 0.316. The first-order chi connectivity index (χ1) is 11.2. The lowest BCUT2D eigenvalue weighted by Gasteiger charge is -2.08. The molecule has 0 spiro atoms. The van der Waals surface area contributed by atoms with Crippen molar-refractivity contribution in [3.8, 4) is 5.75 Å². The molecule has 2 aromatic carbocycles. The summed E-state index contributed by atoms with van der Waals surface area (Å²) in [5, 5.41) is 2.97. The fourth-order valence-electron chi connectivity index (χ4n) is 2.33. The van der Waals surface area contributed by atoms with Crippen molar-refractivity contribution in [2.45, 2.75) is 19.1 Å². The van der Waals surface area contributed by atoms with Crippen LogP contribution in [0.1, 0.15) is 16.7 Å². The van der Waals surface area contributed by atoms with Gasteiger partial charge in [-0.25, -0.2) is 0 Å². The Hall–Kier alpha value is -1.94. The van der Waals surface area contributed by atoms with Gasteiger partial charge >= 0.3 is 0 Å². The predicted octanol–water partition coefficient (Wildman–Crippen LogP) is 3.60. The van der Waals surface area contributed by atoms with Crippen LogP contribution < -0.4 is 10.1 Å². The molecule has 1 amide bonds. The van der Waals surface area contributed by atoms with Crippen molar-refractivity contribution in [2.24, 2.45) is 0 Å². The van der Waals surface area contributed by atoms with Crippen LogP contribution >= 0.6 is 11.8 Å². The quantitative estimate of drug-likeness (QED) is 0.752. The van der Waals surface area contributed by atoms with E-state index in [1.165, 1.54) is 5.56 Å². The zero-order valence-corrected chi connectivity index (χ0v) is 14.5. The molecule has 0 aliphatic rings. The van der Waals surface area contributed by atoms with Gasteiger partial charge < -0.3 is 10.1 Å². The maximum atomic E-state index is 12.0. The average molecular weight is 329 g/mol. The lowest BCUT2D eigenvalue weighted by molar-refractivity contribution is -0.120. The van der Waals surface area contributed by atoms with Crippen LogP contribution in [0.5, 0.6) is 5.75 Å². The second-order valence-corrected chi connectivity index (χ2v) is 6.47. The highest BCUT2D eigenvalue weighted by Gasteiger charge is 2.05. The van der Waals surface area contributed by atoms with Crippen molar-refractivity contribution in [3.63, 3.8) is 0 Å². The van der Waals surface area contributed by atoms with Crippen molar-refractivity contribution < 1.29 is 9.53 Å². The van der Waals surface area contributed by atoms with E-state index in [2.05, 4.69) is 29.6 Å². The van der Waals surface area contributed by atoms with E-state index in [4.69, 9.17) is 4.74 Å². The first kappa shape index (κ1) is 17.4. The Morgan fingerprint density at radius 3 is 2.61 bits per heavy atom. The van der Waals surface area contributed by atoms with Crippen LogP contribution in [0.4, 0.5) is 0 Å². The number of thioether (sulfide) groups is 1. The van der Waals surface area contributed by atoms with E-state index in [9.17, 15) is 4.79 Å². The summed E-state index contributed by atoms with van der Waals surface area (Å²) >= 11 is 1.83. The summed E-state index contributed by atoms with van der Waals surface area (Å²) in [4.78, 5) is 12.0. The molecule has 0 radical (unpaired) electrons. The molecule has 2 aromatic rings. The van der Waals surface area contributed by atoms with Gasteiger partial charge in [-0.3, -0.25) is 4.79 Å². The number of carbonyl (C=O) groups excluding carboxylic acids is 1. The predicted molar refractivity (Wildman–Crippen MR) is 97.0 cm³/mol. The Kier molecular flexibility index (Phi) is 7.01. The summed E-state index contributed by atoms with van der Waals surface area (Å²) in [5.74, 6) is 2.82. The van der Waals surface area contributed by atoms with Gasteiger partial charge in [-0.1, -0.05) is 42.5 Å². The van der Waals surface area contributed by atoms with Gasteiger partial charge in [0.2, 0.25) is 5.91 Å². The molecule has 122 valence electrons. The van der Waals surface area contributed by atoms with E-state index in [1.54, 1.807) is 7.11 Å². The molecule has 0 atom stereocenters. The van der Waals surface area contributed by atoms with Crippen molar-refractivity contribution in [1.82, 2.24) is 5.32 Å². The second kappa shape index (κ2) is 9.26. The van der Waals surface area contributed by atoms with Gasteiger partial charge in [0.05, 0.1) is 13.5 Å². The van der Waals surface area contributed by atoms with E-state index < -0.39 is 0 Å². The number of amides is 1. The van der Waals surface area contributed by atoms with E-state index in [1.807, 2.05) is 43.0 Å². The maximum absolute atomic E-state index is 12.0. The van der Waals surface area contributed by atoms with Gasteiger partial charge in [-0.05, 0) is 29.7 Å². The minimum Gasteiger partial charge on any atom is -0.496 e. The molecule has 4 heteroatoms. The molecule has 0 unspecified atom stereocenters. The number of ether oxygens (including phenoxy) is 1. The average Bonchev–Trinajstić information content (AvgIpc) is 2.56. The lowest BCUT2D eigenvalue weighted by Crippen LogP contribution is -2.27. The molecule has 0 aliphatic heterocycles. The highest BCUT2D eigenvalue weighted by molar-refractivity contribution is 7.98. The third kappa shape index (κ3) is 5.99. The van der Waals surface area contributed by atoms with Crippen molar-refractivity contribution in [2.75, 3.05) is 19.4 Å². The number of benzene rings is 2. The first-order valence-corrected chi connectivity index (χ1v) is 8.86. The minimum atomic E-state index is 0.0647. The third-order valence-electron chi connectivity index (χ3n) is 3.50. The lowest BCUT2D eigenvalue weighted by atomic mass is 10.1. The van der Waals surface area contributed by atoms with Crippen LogP contribution in [-0.4, -0.2) is 25.3 Å². The van der Waals surface area contributed by atoms with Gasteiger partial charge in [0.1, 0.15) is 5.75 Å². The van der Waals surface area contributed by atoms with Gasteiger partial charge in [0.15, 0.2) is 0 Å². The summed E-state index contributed by atoms with van der Waals surface area (Å²) < 4.78 is 5.23. The molecule has 0 saturated carbocycles. The molecule has 1 N–H and O–H groups in total. The number of aryl methyl sites for hydroxylation is 1. The van der Waals surface area contributed by atoms with E-state index in [0.717, 1.165) is 28.4 Å². The molecule has 23 heavy (non-hydrogen) atoms.